The van der Waals surface area contributed by atoms with Crippen molar-refractivity contribution in [1.82, 2.24) is 9.88 Å². The summed E-state index contributed by atoms with van der Waals surface area (Å²) in [6.45, 7) is 6.99. The number of nitrogens with one attached hydrogen (secondary N) is 2. The molecule has 0 atom stereocenters. The Labute approximate surface area is 252 Å². The number of anilines is 3. The van der Waals surface area contributed by atoms with Crippen molar-refractivity contribution in [3.63, 3.8) is 0 Å². The summed E-state index contributed by atoms with van der Waals surface area (Å²) in [5.74, 6) is 1.27. The molecule has 3 aromatic rings. The SMILES string of the molecule is CCOc1cc2nc(CC)c(C#N)c(Nc3ccc(OCC4CCOCC4)c(Cl)c3)c2cc1NC(=O)/C=C/CN(C)C. The van der Waals surface area contributed by atoms with Crippen LogP contribution >= 0.6 is 11.6 Å². The van der Waals surface area contributed by atoms with Crippen molar-refractivity contribution in [2.24, 2.45) is 5.92 Å². The van der Waals surface area contributed by atoms with Gasteiger partial charge in [0.1, 0.15) is 17.6 Å². The quantitative estimate of drug-likeness (QED) is 0.235. The minimum atomic E-state index is -0.284. The molecule has 0 spiro atoms. The Hall–Kier alpha value is -3.84. The summed E-state index contributed by atoms with van der Waals surface area (Å²) in [5.41, 5.74) is 3.47. The van der Waals surface area contributed by atoms with Gasteiger partial charge in [0, 0.05) is 43.0 Å². The minimum Gasteiger partial charge on any atom is -0.492 e. The smallest absolute Gasteiger partial charge is 0.248 e. The molecule has 1 aliphatic heterocycles. The molecule has 0 unspecified atom stereocenters. The van der Waals surface area contributed by atoms with Crippen LogP contribution in [0.15, 0.2) is 42.5 Å². The molecule has 1 fully saturated rings. The fourth-order valence-electron chi connectivity index (χ4n) is 4.73. The highest BCUT2D eigenvalue weighted by Crippen LogP contribution is 2.38. The van der Waals surface area contributed by atoms with E-state index in [4.69, 9.17) is 30.8 Å². The Morgan fingerprint density at radius 2 is 1.98 bits per heavy atom. The van der Waals surface area contributed by atoms with Crippen LogP contribution in [0.3, 0.4) is 0 Å². The Balaban J connectivity index is 1.68. The van der Waals surface area contributed by atoms with Gasteiger partial charge in [-0.05, 0) is 70.5 Å². The van der Waals surface area contributed by atoms with Gasteiger partial charge in [0.15, 0.2) is 0 Å². The average Bonchev–Trinajstić information content (AvgIpc) is 2.97. The van der Waals surface area contributed by atoms with E-state index < -0.39 is 0 Å². The van der Waals surface area contributed by atoms with E-state index in [0.29, 0.717) is 87.8 Å². The zero-order chi connectivity index (χ0) is 30.1. The number of hydrogen-bond acceptors (Lipinski definition) is 8. The highest BCUT2D eigenvalue weighted by atomic mass is 35.5. The second-order valence-corrected chi connectivity index (χ2v) is 10.8. The van der Waals surface area contributed by atoms with E-state index in [-0.39, 0.29) is 5.91 Å². The Bertz CT molecular complexity index is 1480. The minimum absolute atomic E-state index is 0.284. The topological polar surface area (TPSA) is 109 Å². The van der Waals surface area contributed by atoms with E-state index in [1.807, 2.05) is 45.0 Å². The van der Waals surface area contributed by atoms with E-state index in [2.05, 4.69) is 16.7 Å². The van der Waals surface area contributed by atoms with Gasteiger partial charge in [-0.1, -0.05) is 24.6 Å². The van der Waals surface area contributed by atoms with Gasteiger partial charge in [-0.2, -0.15) is 5.26 Å². The van der Waals surface area contributed by atoms with E-state index >= 15 is 0 Å². The highest BCUT2D eigenvalue weighted by molar-refractivity contribution is 6.32. The molecule has 2 aromatic carbocycles. The predicted molar refractivity (Wildman–Crippen MR) is 167 cm³/mol. The molecule has 2 N–H and O–H groups in total. The zero-order valence-corrected chi connectivity index (χ0v) is 25.4. The van der Waals surface area contributed by atoms with Gasteiger partial charge in [0.25, 0.3) is 0 Å². The van der Waals surface area contributed by atoms with Crippen LogP contribution in [0.2, 0.25) is 5.02 Å². The van der Waals surface area contributed by atoms with Gasteiger partial charge in [-0.3, -0.25) is 9.78 Å². The first kappa shape index (κ1) is 31.1. The standard InChI is InChI=1S/C32H38ClN5O4/c1-5-26-24(19-34)32(35-22-9-10-29(25(33)16-22)42-20-21-11-14-40-15-12-21)23-17-28(30(41-6-2)18-27(23)36-26)37-31(39)8-7-13-38(3)4/h7-10,16-18,21H,5-6,11-15,20H2,1-4H3,(H,35,36)(H,37,39)/b8-7+. The maximum atomic E-state index is 12.7. The highest BCUT2D eigenvalue weighted by Gasteiger charge is 2.19. The molecule has 1 saturated heterocycles. The van der Waals surface area contributed by atoms with Crippen LogP contribution in [0.1, 0.15) is 37.9 Å². The molecule has 0 aliphatic carbocycles. The molecule has 9 nitrogen and oxygen atoms in total. The molecular weight excluding hydrogens is 554 g/mol. The van der Waals surface area contributed by atoms with Crippen molar-refractivity contribution in [1.29, 1.82) is 5.26 Å². The van der Waals surface area contributed by atoms with E-state index in [1.54, 1.807) is 24.3 Å². The Morgan fingerprint density at radius 1 is 1.19 bits per heavy atom. The Kier molecular flexibility index (Phi) is 11.0. The van der Waals surface area contributed by atoms with Crippen LogP contribution in [0, 0.1) is 17.2 Å². The van der Waals surface area contributed by atoms with Gasteiger partial charge in [-0.25, -0.2) is 0 Å². The molecule has 1 amide bonds. The number of aryl methyl sites for hydroxylation is 1. The lowest BCUT2D eigenvalue weighted by Crippen LogP contribution is -2.21. The lowest BCUT2D eigenvalue weighted by Gasteiger charge is -2.22. The third kappa shape index (κ3) is 7.91. The summed E-state index contributed by atoms with van der Waals surface area (Å²) in [5, 5.41) is 17.6. The van der Waals surface area contributed by atoms with E-state index in [0.717, 1.165) is 26.1 Å². The first-order chi connectivity index (χ1) is 20.3. The number of pyridine rings is 1. The van der Waals surface area contributed by atoms with Crippen LogP contribution in [0.5, 0.6) is 11.5 Å². The van der Waals surface area contributed by atoms with Crippen molar-refractivity contribution in [2.45, 2.75) is 33.1 Å². The third-order valence-electron chi connectivity index (χ3n) is 6.92. The number of likely N-dealkylation sites (N-methyl/N-ethyl adjacent to an activating group) is 1. The number of amides is 1. The van der Waals surface area contributed by atoms with Crippen molar-refractivity contribution in [3.8, 4) is 17.6 Å². The average molecular weight is 592 g/mol. The zero-order valence-electron chi connectivity index (χ0n) is 24.6. The van der Waals surface area contributed by atoms with E-state index in [9.17, 15) is 10.1 Å². The molecule has 2 heterocycles. The fourth-order valence-corrected chi connectivity index (χ4v) is 4.96. The summed E-state index contributed by atoms with van der Waals surface area (Å²) in [6, 6.07) is 11.4. The van der Waals surface area contributed by atoms with Crippen LogP contribution in [-0.2, 0) is 16.0 Å². The lowest BCUT2D eigenvalue weighted by molar-refractivity contribution is -0.111. The maximum absolute atomic E-state index is 12.7. The van der Waals surface area contributed by atoms with Crippen LogP contribution in [0.4, 0.5) is 17.1 Å². The van der Waals surface area contributed by atoms with Gasteiger partial charge in [-0.15, -0.1) is 0 Å². The van der Waals surface area contributed by atoms with Gasteiger partial charge < -0.3 is 29.7 Å². The number of halogens is 1. The van der Waals surface area contributed by atoms with Gasteiger partial charge >= 0.3 is 0 Å². The number of nitriles is 1. The third-order valence-corrected chi connectivity index (χ3v) is 7.22. The largest absolute Gasteiger partial charge is 0.492 e. The van der Waals surface area contributed by atoms with Gasteiger partial charge in [0.2, 0.25) is 5.91 Å². The Morgan fingerprint density at radius 3 is 2.64 bits per heavy atom. The first-order valence-electron chi connectivity index (χ1n) is 14.3. The van der Waals surface area contributed by atoms with Crippen LogP contribution in [-0.4, -0.2) is 62.9 Å². The van der Waals surface area contributed by atoms with Crippen LogP contribution in [0.25, 0.3) is 10.9 Å². The lowest BCUT2D eigenvalue weighted by atomic mass is 10.0. The summed E-state index contributed by atoms with van der Waals surface area (Å²) >= 11 is 6.62. The molecule has 1 aromatic heterocycles. The molecule has 222 valence electrons. The van der Waals surface area contributed by atoms with E-state index in [1.165, 1.54) is 6.08 Å². The molecule has 0 radical (unpaired) electrons. The number of nitrogens with zero attached hydrogens (tertiary/aromatic N) is 3. The summed E-state index contributed by atoms with van der Waals surface area (Å²) < 4.78 is 17.3. The molecule has 42 heavy (non-hydrogen) atoms. The summed E-state index contributed by atoms with van der Waals surface area (Å²) in [6.07, 6.45) is 5.79. The summed E-state index contributed by atoms with van der Waals surface area (Å²) in [4.78, 5) is 19.5. The second-order valence-electron chi connectivity index (χ2n) is 10.4. The summed E-state index contributed by atoms with van der Waals surface area (Å²) in [7, 11) is 3.86. The number of ether oxygens (including phenoxy) is 3. The molecule has 1 aliphatic rings. The molecule has 10 heteroatoms. The molecule has 4 rings (SSSR count). The predicted octanol–water partition coefficient (Wildman–Crippen LogP) is 6.33. The number of rotatable bonds is 12. The van der Waals surface area contributed by atoms with Crippen molar-refractivity contribution in [2.75, 3.05) is 57.7 Å². The monoisotopic (exact) mass is 591 g/mol. The molecular formula is C32H38ClN5O4. The number of fused-ring (bicyclic) bond motifs is 1. The number of hydrogen-bond donors (Lipinski definition) is 2. The second kappa shape index (κ2) is 14.9. The number of carbonyl (C=O) groups excluding carboxylic acids is 1. The maximum Gasteiger partial charge on any atom is 0.248 e. The number of carbonyl (C=O) groups is 1. The van der Waals surface area contributed by atoms with Crippen molar-refractivity contribution < 1.29 is 19.0 Å². The van der Waals surface area contributed by atoms with Gasteiger partial charge in [0.05, 0.1) is 46.4 Å². The normalized spacial score (nSPS) is 13.8. The van der Waals surface area contributed by atoms with Crippen molar-refractivity contribution >= 4 is 45.5 Å². The molecule has 0 bridgehead atoms. The number of benzene rings is 2. The van der Waals surface area contributed by atoms with Crippen LogP contribution < -0.4 is 20.1 Å². The number of aromatic nitrogens is 1. The fraction of sp³-hybridized carbons (Fsp3) is 0.406. The van der Waals surface area contributed by atoms with Crippen molar-refractivity contribution in [3.05, 3.63) is 58.8 Å². The molecule has 0 saturated carbocycles. The first-order valence-corrected chi connectivity index (χ1v) is 14.6.